The second-order valence-electron chi connectivity index (χ2n) is 4.70. The molecular weight excluding hydrogens is 327 g/mol. The van der Waals surface area contributed by atoms with Crippen LogP contribution >= 0.6 is 22.9 Å². The lowest BCUT2D eigenvalue weighted by atomic mass is 9.71. The van der Waals surface area contributed by atoms with Gasteiger partial charge in [-0.25, -0.2) is 3.11 Å². The maximum absolute atomic E-state index is 11.3. The Labute approximate surface area is 116 Å². The van der Waals surface area contributed by atoms with E-state index in [0.29, 0.717) is 6.42 Å². The zero-order chi connectivity index (χ0) is 12.3. The van der Waals surface area contributed by atoms with Gasteiger partial charge in [0.05, 0.1) is 0 Å². The van der Waals surface area contributed by atoms with Crippen molar-refractivity contribution in [2.75, 3.05) is 13.1 Å². The van der Waals surface area contributed by atoms with Crippen LogP contribution in [0.25, 0.3) is 0 Å². The standard InChI is InChI=1S/C13H17IN2O/c14-16-8-6-13(7-9-16,10-12(15)17)11-4-2-1-3-5-11/h1-5H,6-10H2,(H2,15,17). The predicted molar refractivity (Wildman–Crippen MR) is 76.8 cm³/mol. The summed E-state index contributed by atoms with van der Waals surface area (Å²) in [6, 6.07) is 10.3. The molecule has 1 saturated heterocycles. The van der Waals surface area contributed by atoms with Crippen molar-refractivity contribution >= 4 is 28.8 Å². The Bertz CT molecular complexity index is 386. The molecule has 0 bridgehead atoms. The molecule has 1 amide bonds. The van der Waals surface area contributed by atoms with Gasteiger partial charge in [-0.2, -0.15) is 0 Å². The molecule has 0 unspecified atom stereocenters. The summed E-state index contributed by atoms with van der Waals surface area (Å²) in [4.78, 5) is 11.3. The molecule has 0 atom stereocenters. The lowest BCUT2D eigenvalue weighted by Gasteiger charge is -2.39. The van der Waals surface area contributed by atoms with E-state index in [1.807, 2.05) is 18.2 Å². The number of nitrogens with two attached hydrogens (primary N) is 1. The molecule has 0 radical (unpaired) electrons. The van der Waals surface area contributed by atoms with E-state index >= 15 is 0 Å². The molecule has 17 heavy (non-hydrogen) atoms. The van der Waals surface area contributed by atoms with Gasteiger partial charge in [-0.1, -0.05) is 30.3 Å². The van der Waals surface area contributed by atoms with E-state index in [0.717, 1.165) is 25.9 Å². The SMILES string of the molecule is NC(=O)CC1(c2ccccc2)CCN(I)CC1. The van der Waals surface area contributed by atoms with Crippen molar-refractivity contribution in [3.8, 4) is 0 Å². The average molecular weight is 344 g/mol. The fourth-order valence-electron chi connectivity index (χ4n) is 2.60. The third-order valence-electron chi connectivity index (χ3n) is 3.56. The number of carbonyl (C=O) groups excluding carboxylic acids is 1. The number of primary amides is 1. The first-order valence-corrected chi connectivity index (χ1v) is 6.83. The Morgan fingerprint density at radius 1 is 1.29 bits per heavy atom. The summed E-state index contributed by atoms with van der Waals surface area (Å²) in [6.07, 6.45) is 2.47. The van der Waals surface area contributed by atoms with E-state index < -0.39 is 0 Å². The van der Waals surface area contributed by atoms with Crippen LogP contribution in [0.3, 0.4) is 0 Å². The zero-order valence-electron chi connectivity index (χ0n) is 9.73. The van der Waals surface area contributed by atoms with Gasteiger partial charge in [0.25, 0.3) is 0 Å². The maximum atomic E-state index is 11.3. The number of rotatable bonds is 3. The third kappa shape index (κ3) is 2.98. The van der Waals surface area contributed by atoms with Gasteiger partial charge in [-0.15, -0.1) is 0 Å². The summed E-state index contributed by atoms with van der Waals surface area (Å²) in [5, 5.41) is 0. The first-order valence-electron chi connectivity index (χ1n) is 5.87. The Morgan fingerprint density at radius 2 is 1.88 bits per heavy atom. The number of carbonyl (C=O) groups is 1. The molecule has 92 valence electrons. The number of piperidine rings is 1. The normalized spacial score (nSPS) is 20.1. The first-order chi connectivity index (χ1) is 8.12. The minimum atomic E-state index is -0.198. The highest BCUT2D eigenvalue weighted by Crippen LogP contribution is 2.39. The molecule has 4 heteroatoms. The number of amides is 1. The van der Waals surface area contributed by atoms with Gasteiger partial charge in [-0.3, -0.25) is 4.79 Å². The Hall–Kier alpha value is -0.620. The number of benzene rings is 1. The van der Waals surface area contributed by atoms with Gasteiger partial charge in [0.15, 0.2) is 0 Å². The average Bonchev–Trinajstić information content (AvgIpc) is 2.33. The number of nitrogens with zero attached hydrogens (tertiary/aromatic N) is 1. The van der Waals surface area contributed by atoms with Crippen molar-refractivity contribution in [1.82, 2.24) is 3.11 Å². The van der Waals surface area contributed by atoms with E-state index in [-0.39, 0.29) is 11.3 Å². The second kappa shape index (κ2) is 5.35. The summed E-state index contributed by atoms with van der Waals surface area (Å²) >= 11 is 2.34. The molecule has 1 aliphatic rings. The van der Waals surface area contributed by atoms with Crippen LogP contribution in [0.4, 0.5) is 0 Å². The minimum absolute atomic E-state index is 0.0469. The number of hydrogen-bond donors (Lipinski definition) is 1. The molecule has 1 heterocycles. The third-order valence-corrected chi connectivity index (χ3v) is 4.53. The Morgan fingerprint density at radius 3 is 2.41 bits per heavy atom. The predicted octanol–water partition coefficient (Wildman–Crippen LogP) is 2.25. The van der Waals surface area contributed by atoms with E-state index in [2.05, 4.69) is 38.1 Å². The van der Waals surface area contributed by atoms with Crippen LogP contribution in [-0.4, -0.2) is 22.1 Å². The van der Waals surface area contributed by atoms with Gasteiger partial charge < -0.3 is 5.73 Å². The molecule has 2 rings (SSSR count). The van der Waals surface area contributed by atoms with Crippen LogP contribution in [0.5, 0.6) is 0 Å². The van der Waals surface area contributed by atoms with Crippen LogP contribution in [0.15, 0.2) is 30.3 Å². The highest BCUT2D eigenvalue weighted by molar-refractivity contribution is 14.1. The van der Waals surface area contributed by atoms with Gasteiger partial charge >= 0.3 is 0 Å². The molecule has 1 aliphatic heterocycles. The maximum Gasteiger partial charge on any atom is 0.218 e. The van der Waals surface area contributed by atoms with Gasteiger partial charge in [0.1, 0.15) is 0 Å². The fourth-order valence-corrected chi connectivity index (χ4v) is 3.08. The van der Waals surface area contributed by atoms with Crippen LogP contribution in [0.1, 0.15) is 24.8 Å². The van der Waals surface area contributed by atoms with E-state index in [1.165, 1.54) is 5.56 Å². The molecule has 1 aromatic rings. The summed E-state index contributed by atoms with van der Waals surface area (Å²) in [6.45, 7) is 2.03. The van der Waals surface area contributed by atoms with Crippen LogP contribution in [0.2, 0.25) is 0 Å². The molecule has 3 nitrogen and oxygen atoms in total. The van der Waals surface area contributed by atoms with E-state index in [1.54, 1.807) is 0 Å². The summed E-state index contributed by atoms with van der Waals surface area (Å²) in [7, 11) is 0. The molecular formula is C13H17IN2O. The van der Waals surface area contributed by atoms with Crippen LogP contribution in [0, 0.1) is 0 Å². The summed E-state index contributed by atoms with van der Waals surface area (Å²) < 4.78 is 2.28. The Kier molecular flexibility index (Phi) is 4.04. The van der Waals surface area contributed by atoms with Crippen molar-refractivity contribution in [2.24, 2.45) is 5.73 Å². The molecule has 0 aromatic heterocycles. The largest absolute Gasteiger partial charge is 0.370 e. The van der Waals surface area contributed by atoms with Crippen molar-refractivity contribution in [3.05, 3.63) is 35.9 Å². The van der Waals surface area contributed by atoms with Crippen LogP contribution in [-0.2, 0) is 10.2 Å². The van der Waals surface area contributed by atoms with Gasteiger partial charge in [-0.05, 0) is 18.4 Å². The topological polar surface area (TPSA) is 46.3 Å². The minimum Gasteiger partial charge on any atom is -0.370 e. The molecule has 1 fully saturated rings. The molecule has 0 saturated carbocycles. The van der Waals surface area contributed by atoms with Crippen molar-refractivity contribution in [1.29, 1.82) is 0 Å². The fraction of sp³-hybridized carbons (Fsp3) is 0.462. The van der Waals surface area contributed by atoms with Crippen molar-refractivity contribution in [2.45, 2.75) is 24.7 Å². The highest BCUT2D eigenvalue weighted by Gasteiger charge is 2.36. The van der Waals surface area contributed by atoms with Crippen molar-refractivity contribution in [3.63, 3.8) is 0 Å². The lowest BCUT2D eigenvalue weighted by molar-refractivity contribution is -0.119. The quantitative estimate of drug-likeness (QED) is 0.675. The second-order valence-corrected chi connectivity index (χ2v) is 6.06. The van der Waals surface area contributed by atoms with Gasteiger partial charge in [0, 0.05) is 47.8 Å². The van der Waals surface area contributed by atoms with Crippen molar-refractivity contribution < 1.29 is 4.79 Å². The number of halogens is 1. The molecule has 2 N–H and O–H groups in total. The Balaban J connectivity index is 2.27. The van der Waals surface area contributed by atoms with Crippen LogP contribution < -0.4 is 5.73 Å². The highest BCUT2D eigenvalue weighted by atomic mass is 127. The first kappa shape index (κ1) is 12.8. The monoisotopic (exact) mass is 344 g/mol. The lowest BCUT2D eigenvalue weighted by Crippen LogP contribution is -2.41. The summed E-state index contributed by atoms with van der Waals surface area (Å²) in [5.74, 6) is -0.198. The van der Waals surface area contributed by atoms with Gasteiger partial charge in [0.2, 0.25) is 5.91 Å². The summed E-state index contributed by atoms with van der Waals surface area (Å²) in [5.41, 5.74) is 6.63. The van der Waals surface area contributed by atoms with E-state index in [9.17, 15) is 4.79 Å². The van der Waals surface area contributed by atoms with E-state index in [4.69, 9.17) is 5.73 Å². The molecule has 0 aliphatic carbocycles. The number of hydrogen-bond acceptors (Lipinski definition) is 2. The molecule has 1 aromatic carbocycles. The molecule has 0 spiro atoms. The zero-order valence-corrected chi connectivity index (χ0v) is 11.9. The smallest absolute Gasteiger partial charge is 0.218 e.